The fraction of sp³-hybridized carbons (Fsp3) is 0.588. The molecule has 0 aromatic heterocycles. The Kier molecular flexibility index (Phi) is 5.18. The third-order valence-corrected chi connectivity index (χ3v) is 4.04. The largest absolute Gasteiger partial charge is 0.396 e. The molecule has 1 amide bonds. The van der Waals surface area contributed by atoms with E-state index in [1.165, 1.54) is 16.7 Å². The van der Waals surface area contributed by atoms with Crippen LogP contribution in [-0.2, 0) is 11.2 Å². The lowest BCUT2D eigenvalue weighted by atomic mass is 9.98. The molecule has 0 radical (unpaired) electrons. The van der Waals surface area contributed by atoms with Gasteiger partial charge >= 0.3 is 0 Å². The van der Waals surface area contributed by atoms with Gasteiger partial charge in [-0.05, 0) is 44.6 Å². The summed E-state index contributed by atoms with van der Waals surface area (Å²) in [7, 11) is 0. The van der Waals surface area contributed by atoms with Crippen molar-refractivity contribution in [3.05, 3.63) is 34.9 Å². The van der Waals surface area contributed by atoms with Gasteiger partial charge < -0.3 is 10.0 Å². The van der Waals surface area contributed by atoms with Crippen LogP contribution in [0.15, 0.2) is 18.2 Å². The van der Waals surface area contributed by atoms with E-state index in [1.54, 1.807) is 0 Å². The van der Waals surface area contributed by atoms with Crippen molar-refractivity contribution < 1.29 is 9.90 Å². The van der Waals surface area contributed by atoms with Crippen LogP contribution in [0.3, 0.4) is 0 Å². The predicted octanol–water partition coefficient (Wildman–Crippen LogP) is 2.47. The first-order chi connectivity index (χ1) is 9.58. The monoisotopic (exact) mass is 275 g/mol. The Balaban J connectivity index is 1.88. The number of carbonyl (C=O) groups excluding carboxylic acids is 1. The van der Waals surface area contributed by atoms with Crippen molar-refractivity contribution in [2.24, 2.45) is 5.92 Å². The maximum absolute atomic E-state index is 12.2. The van der Waals surface area contributed by atoms with Crippen LogP contribution in [0.5, 0.6) is 0 Å². The normalized spacial score (nSPS) is 19.1. The van der Waals surface area contributed by atoms with Gasteiger partial charge in [0.2, 0.25) is 5.91 Å². The highest BCUT2D eigenvalue weighted by Gasteiger charge is 2.22. The summed E-state index contributed by atoms with van der Waals surface area (Å²) in [5, 5.41) is 9.22. The number of hydrogen-bond acceptors (Lipinski definition) is 2. The first-order valence-electron chi connectivity index (χ1n) is 7.54. The van der Waals surface area contributed by atoms with Crippen molar-refractivity contribution in [3.8, 4) is 0 Å². The fourth-order valence-corrected chi connectivity index (χ4v) is 3.06. The molecule has 0 aliphatic carbocycles. The van der Waals surface area contributed by atoms with E-state index in [0.29, 0.717) is 6.42 Å². The Morgan fingerprint density at radius 2 is 2.00 bits per heavy atom. The molecule has 1 heterocycles. The number of aliphatic hydroxyl groups is 1. The van der Waals surface area contributed by atoms with Crippen LogP contribution in [0.1, 0.15) is 36.0 Å². The summed E-state index contributed by atoms with van der Waals surface area (Å²) in [5.41, 5.74) is 3.75. The minimum absolute atomic E-state index is 0.195. The molecule has 3 heteroatoms. The number of rotatable bonds is 4. The summed E-state index contributed by atoms with van der Waals surface area (Å²) in [4.78, 5) is 14.2. The van der Waals surface area contributed by atoms with Crippen molar-refractivity contribution in [1.82, 2.24) is 4.90 Å². The average molecular weight is 275 g/mol. The second kappa shape index (κ2) is 6.89. The molecule has 0 bridgehead atoms. The minimum Gasteiger partial charge on any atom is -0.396 e. The van der Waals surface area contributed by atoms with Gasteiger partial charge in [-0.3, -0.25) is 4.79 Å². The van der Waals surface area contributed by atoms with E-state index >= 15 is 0 Å². The molecular weight excluding hydrogens is 250 g/mol. The summed E-state index contributed by atoms with van der Waals surface area (Å²) < 4.78 is 0. The van der Waals surface area contributed by atoms with Gasteiger partial charge in [0, 0.05) is 26.1 Å². The number of aliphatic hydroxyl groups excluding tert-OH is 1. The highest BCUT2D eigenvalue weighted by molar-refractivity contribution is 5.76. The van der Waals surface area contributed by atoms with Crippen LogP contribution in [0.4, 0.5) is 0 Å². The quantitative estimate of drug-likeness (QED) is 0.917. The molecule has 1 aromatic rings. The first kappa shape index (κ1) is 15.0. The van der Waals surface area contributed by atoms with Crippen molar-refractivity contribution in [3.63, 3.8) is 0 Å². The SMILES string of the molecule is Cc1cc(C)cc(CCC(=O)N2CCC[C@@H](CO)C2)c1. The Hall–Kier alpha value is -1.35. The fourth-order valence-electron chi connectivity index (χ4n) is 3.06. The second-order valence-corrected chi connectivity index (χ2v) is 6.03. The summed E-state index contributed by atoms with van der Waals surface area (Å²) >= 11 is 0. The molecular formula is C17H25NO2. The van der Waals surface area contributed by atoms with E-state index in [2.05, 4.69) is 32.0 Å². The van der Waals surface area contributed by atoms with Crippen molar-refractivity contribution in [1.29, 1.82) is 0 Å². The number of nitrogens with zero attached hydrogens (tertiary/aromatic N) is 1. The molecule has 1 aliphatic heterocycles. The van der Waals surface area contributed by atoms with Crippen molar-refractivity contribution in [2.45, 2.75) is 39.5 Å². The molecule has 3 nitrogen and oxygen atoms in total. The second-order valence-electron chi connectivity index (χ2n) is 6.03. The number of benzene rings is 1. The Morgan fingerprint density at radius 1 is 1.30 bits per heavy atom. The molecule has 1 fully saturated rings. The smallest absolute Gasteiger partial charge is 0.222 e. The predicted molar refractivity (Wildman–Crippen MR) is 80.6 cm³/mol. The zero-order chi connectivity index (χ0) is 14.5. The zero-order valence-electron chi connectivity index (χ0n) is 12.6. The summed E-state index contributed by atoms with van der Waals surface area (Å²) in [6.45, 7) is 5.95. The van der Waals surface area contributed by atoms with Gasteiger partial charge in [0.15, 0.2) is 0 Å². The number of aryl methyl sites for hydroxylation is 3. The van der Waals surface area contributed by atoms with Crippen LogP contribution in [0.2, 0.25) is 0 Å². The molecule has 110 valence electrons. The number of carbonyl (C=O) groups is 1. The molecule has 1 saturated heterocycles. The minimum atomic E-state index is 0.195. The lowest BCUT2D eigenvalue weighted by Gasteiger charge is -2.32. The first-order valence-corrected chi connectivity index (χ1v) is 7.54. The Labute approximate surface area is 121 Å². The van der Waals surface area contributed by atoms with Crippen molar-refractivity contribution >= 4 is 5.91 Å². The Bertz CT molecular complexity index is 450. The summed E-state index contributed by atoms with van der Waals surface area (Å²) in [5.74, 6) is 0.497. The highest BCUT2D eigenvalue weighted by atomic mass is 16.3. The molecule has 0 unspecified atom stereocenters. The summed E-state index contributed by atoms with van der Waals surface area (Å²) in [6.07, 6.45) is 3.43. The maximum Gasteiger partial charge on any atom is 0.222 e. The molecule has 1 aliphatic rings. The molecule has 1 aromatic carbocycles. The topological polar surface area (TPSA) is 40.5 Å². The van der Waals surface area contributed by atoms with E-state index in [1.807, 2.05) is 4.90 Å². The van der Waals surface area contributed by atoms with Gasteiger partial charge in [-0.2, -0.15) is 0 Å². The standard InChI is InChI=1S/C17H25NO2/c1-13-8-14(2)10-15(9-13)5-6-17(20)18-7-3-4-16(11-18)12-19/h8-10,16,19H,3-7,11-12H2,1-2H3/t16-/m1/s1. The van der Waals surface area contributed by atoms with E-state index in [9.17, 15) is 9.90 Å². The van der Waals surface area contributed by atoms with Gasteiger partial charge in [0.05, 0.1) is 0 Å². The molecule has 20 heavy (non-hydrogen) atoms. The van der Waals surface area contributed by atoms with E-state index < -0.39 is 0 Å². The molecule has 1 N–H and O–H groups in total. The van der Waals surface area contributed by atoms with Crippen molar-refractivity contribution in [2.75, 3.05) is 19.7 Å². The van der Waals surface area contributed by atoms with E-state index in [0.717, 1.165) is 32.4 Å². The molecule has 2 rings (SSSR count). The van der Waals surface area contributed by atoms with Gasteiger partial charge in [-0.15, -0.1) is 0 Å². The molecule has 0 spiro atoms. The Morgan fingerprint density at radius 3 is 2.65 bits per heavy atom. The number of amides is 1. The number of piperidine rings is 1. The zero-order valence-corrected chi connectivity index (χ0v) is 12.6. The third kappa shape index (κ3) is 4.07. The van der Waals surface area contributed by atoms with Crippen LogP contribution in [0.25, 0.3) is 0 Å². The maximum atomic E-state index is 12.2. The molecule has 0 saturated carbocycles. The number of hydrogen-bond donors (Lipinski definition) is 1. The average Bonchev–Trinajstić information content (AvgIpc) is 2.44. The lowest BCUT2D eigenvalue weighted by Crippen LogP contribution is -2.41. The lowest BCUT2D eigenvalue weighted by molar-refractivity contribution is -0.133. The van der Waals surface area contributed by atoms with Gasteiger partial charge in [-0.1, -0.05) is 29.3 Å². The number of likely N-dealkylation sites (tertiary alicyclic amines) is 1. The van der Waals surface area contributed by atoms with Crippen LogP contribution >= 0.6 is 0 Å². The van der Waals surface area contributed by atoms with Gasteiger partial charge in [0.25, 0.3) is 0 Å². The van der Waals surface area contributed by atoms with Gasteiger partial charge in [-0.25, -0.2) is 0 Å². The van der Waals surface area contributed by atoms with Gasteiger partial charge in [0.1, 0.15) is 0 Å². The van der Waals surface area contributed by atoms with E-state index in [-0.39, 0.29) is 18.4 Å². The third-order valence-electron chi connectivity index (χ3n) is 4.04. The van der Waals surface area contributed by atoms with Crippen LogP contribution in [-0.4, -0.2) is 35.6 Å². The summed E-state index contributed by atoms with van der Waals surface area (Å²) in [6, 6.07) is 6.47. The molecule has 1 atom stereocenters. The van der Waals surface area contributed by atoms with E-state index in [4.69, 9.17) is 0 Å². The van der Waals surface area contributed by atoms with Crippen LogP contribution in [0, 0.1) is 19.8 Å². The highest BCUT2D eigenvalue weighted by Crippen LogP contribution is 2.17. The van der Waals surface area contributed by atoms with Crippen LogP contribution < -0.4 is 0 Å².